The predicted octanol–water partition coefficient (Wildman–Crippen LogP) is 5.38. The Kier molecular flexibility index (Phi) is 4.88. The van der Waals surface area contributed by atoms with Gasteiger partial charge in [0, 0.05) is 35.6 Å². The highest BCUT2D eigenvalue weighted by Crippen LogP contribution is 2.26. The van der Waals surface area contributed by atoms with Gasteiger partial charge in [-0.15, -0.1) is 0 Å². The van der Waals surface area contributed by atoms with Crippen LogP contribution in [0.25, 0.3) is 22.6 Å². The number of pyridine rings is 1. The molecule has 4 aromatic rings. The summed E-state index contributed by atoms with van der Waals surface area (Å²) < 4.78 is 0. The normalized spacial score (nSPS) is 11.7. The number of nitrogens with zero attached hydrogens (tertiary/aromatic N) is 3. The molecular weight excluding hydrogens is 332 g/mol. The van der Waals surface area contributed by atoms with Crippen molar-refractivity contribution >= 4 is 5.82 Å². The highest BCUT2D eigenvalue weighted by Gasteiger charge is 2.11. The molecule has 1 unspecified atom stereocenters. The first-order valence-electron chi connectivity index (χ1n) is 8.96. The molecule has 2 aromatic carbocycles. The van der Waals surface area contributed by atoms with Crippen LogP contribution in [-0.2, 0) is 0 Å². The van der Waals surface area contributed by atoms with Gasteiger partial charge in [-0.1, -0.05) is 60.7 Å². The zero-order valence-electron chi connectivity index (χ0n) is 15.1. The summed E-state index contributed by atoms with van der Waals surface area (Å²) in [4.78, 5) is 13.6. The summed E-state index contributed by atoms with van der Waals surface area (Å²) >= 11 is 0. The molecule has 0 aliphatic rings. The van der Waals surface area contributed by atoms with Crippen molar-refractivity contribution in [3.05, 3.63) is 96.8 Å². The maximum absolute atomic E-state index is 4.78. The van der Waals surface area contributed by atoms with E-state index in [1.807, 2.05) is 66.7 Å². The molecule has 4 nitrogen and oxygen atoms in total. The third-order valence-corrected chi connectivity index (χ3v) is 4.40. The van der Waals surface area contributed by atoms with Crippen LogP contribution in [0.15, 0.2) is 91.3 Å². The number of benzene rings is 2. The molecule has 27 heavy (non-hydrogen) atoms. The molecule has 0 saturated heterocycles. The van der Waals surface area contributed by atoms with Crippen LogP contribution in [0.2, 0.25) is 0 Å². The molecule has 0 spiro atoms. The summed E-state index contributed by atoms with van der Waals surface area (Å²) in [5.74, 6) is 1.50. The molecule has 0 fully saturated rings. The van der Waals surface area contributed by atoms with Crippen LogP contribution in [0, 0.1) is 0 Å². The van der Waals surface area contributed by atoms with Crippen LogP contribution in [0.4, 0.5) is 5.82 Å². The van der Waals surface area contributed by atoms with Crippen molar-refractivity contribution in [3.63, 3.8) is 0 Å². The minimum atomic E-state index is 0.134. The molecule has 0 bridgehead atoms. The van der Waals surface area contributed by atoms with Crippen LogP contribution in [-0.4, -0.2) is 15.0 Å². The molecule has 1 atom stereocenters. The summed E-state index contributed by atoms with van der Waals surface area (Å²) in [5, 5.41) is 3.51. The van der Waals surface area contributed by atoms with E-state index in [4.69, 9.17) is 9.97 Å². The van der Waals surface area contributed by atoms with Gasteiger partial charge in [-0.3, -0.25) is 4.98 Å². The highest BCUT2D eigenvalue weighted by atomic mass is 15.0. The molecule has 0 aliphatic carbocycles. The van der Waals surface area contributed by atoms with Crippen molar-refractivity contribution in [1.29, 1.82) is 0 Å². The quantitative estimate of drug-likeness (QED) is 0.524. The Morgan fingerprint density at radius 2 is 1.41 bits per heavy atom. The second-order valence-electron chi connectivity index (χ2n) is 6.34. The van der Waals surface area contributed by atoms with E-state index in [2.05, 4.69) is 29.4 Å². The predicted molar refractivity (Wildman–Crippen MR) is 109 cm³/mol. The first-order chi connectivity index (χ1) is 13.3. The lowest BCUT2D eigenvalue weighted by Crippen LogP contribution is -2.09. The average molecular weight is 352 g/mol. The van der Waals surface area contributed by atoms with E-state index < -0.39 is 0 Å². The van der Waals surface area contributed by atoms with Gasteiger partial charge in [-0.05, 0) is 24.6 Å². The summed E-state index contributed by atoms with van der Waals surface area (Å²) in [6.45, 7) is 2.13. The van der Waals surface area contributed by atoms with Gasteiger partial charge in [0.2, 0.25) is 0 Å². The molecule has 0 amide bonds. The van der Waals surface area contributed by atoms with Gasteiger partial charge in [0.15, 0.2) is 5.82 Å². The van der Waals surface area contributed by atoms with E-state index in [-0.39, 0.29) is 6.04 Å². The van der Waals surface area contributed by atoms with Gasteiger partial charge in [-0.2, -0.15) is 0 Å². The van der Waals surface area contributed by atoms with Crippen molar-refractivity contribution in [2.24, 2.45) is 0 Å². The Morgan fingerprint density at radius 1 is 0.741 bits per heavy atom. The van der Waals surface area contributed by atoms with Gasteiger partial charge in [0.1, 0.15) is 5.82 Å². The number of rotatable bonds is 5. The standard InChI is InChI=1S/C23H20N4/c1-17(18-8-4-2-5-9-18)25-22-16-21(19-12-14-24-15-13-19)26-23(27-22)20-10-6-3-7-11-20/h2-17H,1H3,(H,25,26,27). The molecule has 1 N–H and O–H groups in total. The highest BCUT2D eigenvalue weighted by molar-refractivity contribution is 5.67. The van der Waals surface area contributed by atoms with Crippen LogP contribution < -0.4 is 5.32 Å². The van der Waals surface area contributed by atoms with Crippen LogP contribution in [0.3, 0.4) is 0 Å². The maximum atomic E-state index is 4.78. The third-order valence-electron chi connectivity index (χ3n) is 4.40. The zero-order valence-corrected chi connectivity index (χ0v) is 15.1. The van der Waals surface area contributed by atoms with Gasteiger partial charge in [0.05, 0.1) is 5.69 Å². The summed E-state index contributed by atoms with van der Waals surface area (Å²) in [7, 11) is 0. The molecule has 2 aromatic heterocycles. The molecule has 2 heterocycles. The van der Waals surface area contributed by atoms with Gasteiger partial charge < -0.3 is 5.32 Å². The first kappa shape index (κ1) is 16.9. The van der Waals surface area contributed by atoms with Crippen molar-refractivity contribution in [1.82, 2.24) is 15.0 Å². The van der Waals surface area contributed by atoms with E-state index in [0.29, 0.717) is 5.82 Å². The largest absolute Gasteiger partial charge is 0.363 e. The minimum absolute atomic E-state index is 0.134. The topological polar surface area (TPSA) is 50.7 Å². The smallest absolute Gasteiger partial charge is 0.162 e. The maximum Gasteiger partial charge on any atom is 0.162 e. The summed E-state index contributed by atoms with van der Waals surface area (Å²) in [6, 6.07) is 26.4. The summed E-state index contributed by atoms with van der Waals surface area (Å²) in [5.41, 5.74) is 4.08. The Labute approximate surface area is 159 Å². The molecule has 4 heteroatoms. The number of hydrogen-bond acceptors (Lipinski definition) is 4. The number of hydrogen-bond donors (Lipinski definition) is 1. The lowest BCUT2D eigenvalue weighted by atomic mass is 10.1. The van der Waals surface area contributed by atoms with Crippen molar-refractivity contribution in [2.45, 2.75) is 13.0 Å². The molecular formula is C23H20N4. The SMILES string of the molecule is CC(Nc1cc(-c2ccncc2)nc(-c2ccccc2)n1)c1ccccc1. The van der Waals surface area contributed by atoms with Gasteiger partial charge >= 0.3 is 0 Å². The molecule has 0 radical (unpaired) electrons. The van der Waals surface area contributed by atoms with E-state index >= 15 is 0 Å². The van der Waals surface area contributed by atoms with E-state index in [1.165, 1.54) is 5.56 Å². The Balaban J connectivity index is 1.74. The Hall–Kier alpha value is -3.53. The Morgan fingerprint density at radius 3 is 2.11 bits per heavy atom. The van der Waals surface area contributed by atoms with E-state index in [0.717, 1.165) is 22.6 Å². The fraction of sp³-hybridized carbons (Fsp3) is 0.0870. The van der Waals surface area contributed by atoms with Crippen LogP contribution in [0.5, 0.6) is 0 Å². The first-order valence-corrected chi connectivity index (χ1v) is 8.96. The zero-order chi connectivity index (χ0) is 18.5. The van der Waals surface area contributed by atoms with Crippen molar-refractivity contribution in [2.75, 3.05) is 5.32 Å². The van der Waals surface area contributed by atoms with E-state index in [9.17, 15) is 0 Å². The average Bonchev–Trinajstić information content (AvgIpc) is 2.75. The van der Waals surface area contributed by atoms with Gasteiger partial charge in [-0.25, -0.2) is 9.97 Å². The van der Waals surface area contributed by atoms with Crippen molar-refractivity contribution < 1.29 is 0 Å². The second kappa shape index (κ2) is 7.79. The number of aromatic nitrogens is 3. The lowest BCUT2D eigenvalue weighted by molar-refractivity contribution is 0.873. The molecule has 132 valence electrons. The third kappa shape index (κ3) is 4.01. The lowest BCUT2D eigenvalue weighted by Gasteiger charge is -2.16. The van der Waals surface area contributed by atoms with Crippen LogP contribution >= 0.6 is 0 Å². The molecule has 4 rings (SSSR count). The number of anilines is 1. The monoisotopic (exact) mass is 352 g/mol. The van der Waals surface area contributed by atoms with E-state index in [1.54, 1.807) is 12.4 Å². The Bertz CT molecular complexity index is 944. The minimum Gasteiger partial charge on any atom is -0.363 e. The fourth-order valence-corrected chi connectivity index (χ4v) is 2.95. The second-order valence-corrected chi connectivity index (χ2v) is 6.34. The number of nitrogens with one attached hydrogen (secondary N) is 1. The molecule has 0 aliphatic heterocycles. The fourth-order valence-electron chi connectivity index (χ4n) is 2.95. The van der Waals surface area contributed by atoms with Crippen molar-refractivity contribution in [3.8, 4) is 22.6 Å². The summed E-state index contributed by atoms with van der Waals surface area (Å²) in [6.07, 6.45) is 3.55. The van der Waals surface area contributed by atoms with Crippen LogP contribution in [0.1, 0.15) is 18.5 Å². The molecule has 0 saturated carbocycles. The van der Waals surface area contributed by atoms with Gasteiger partial charge in [0.25, 0.3) is 0 Å².